The van der Waals surface area contributed by atoms with Crippen LogP contribution in [0.4, 0.5) is 10.5 Å². The van der Waals surface area contributed by atoms with Crippen LogP contribution in [0.1, 0.15) is 22.3 Å². The molecule has 1 amide bonds. The molecule has 0 radical (unpaired) electrons. The molecule has 1 aliphatic rings. The van der Waals surface area contributed by atoms with E-state index in [-0.39, 0.29) is 28.7 Å². The molecule has 0 saturated carbocycles. The van der Waals surface area contributed by atoms with Crippen molar-refractivity contribution in [3.63, 3.8) is 0 Å². The Hall–Kier alpha value is -3.49. The fourth-order valence-electron chi connectivity index (χ4n) is 3.98. The van der Waals surface area contributed by atoms with Crippen molar-refractivity contribution in [1.29, 1.82) is 0 Å². The summed E-state index contributed by atoms with van der Waals surface area (Å²) in [4.78, 5) is 40.1. The smallest absolute Gasteiger partial charge is 0.410 e. The summed E-state index contributed by atoms with van der Waals surface area (Å²) in [6.45, 7) is 1.76. The predicted molar refractivity (Wildman–Crippen MR) is 148 cm³/mol. The van der Waals surface area contributed by atoms with Crippen LogP contribution in [0, 0.1) is 10.1 Å². The van der Waals surface area contributed by atoms with Crippen LogP contribution in [-0.2, 0) is 17.9 Å². The number of non-ortho nitro benzene ring substituents is 1. The number of likely N-dealkylation sites (tertiary alicyclic amines) is 1. The van der Waals surface area contributed by atoms with Crippen molar-refractivity contribution >= 4 is 40.4 Å². The largest absolute Gasteiger partial charge is 0.445 e. The van der Waals surface area contributed by atoms with Gasteiger partial charge in [0.15, 0.2) is 0 Å². The zero-order chi connectivity index (χ0) is 27.8. The van der Waals surface area contributed by atoms with Crippen LogP contribution < -0.4 is 0 Å². The van der Waals surface area contributed by atoms with E-state index in [1.807, 2.05) is 37.2 Å². The summed E-state index contributed by atoms with van der Waals surface area (Å²) < 4.78 is 7.31. The Labute approximate surface area is 234 Å². The number of likely N-dealkylation sites (N-methyl/N-ethyl adjacent to an activating group) is 1. The number of nitro benzene ring substituents is 1. The maximum absolute atomic E-state index is 13.2. The van der Waals surface area contributed by atoms with Crippen molar-refractivity contribution in [2.24, 2.45) is 0 Å². The third kappa shape index (κ3) is 8.00. The first-order chi connectivity index (χ1) is 18.8. The van der Waals surface area contributed by atoms with Gasteiger partial charge in [-0.15, -0.1) is 5.10 Å². The van der Waals surface area contributed by atoms with Gasteiger partial charge in [-0.1, -0.05) is 53.9 Å². The highest BCUT2D eigenvalue weighted by molar-refractivity contribution is 8.14. The molecule has 0 bridgehead atoms. The molecule has 1 saturated heterocycles. The van der Waals surface area contributed by atoms with E-state index in [9.17, 15) is 19.7 Å². The number of rotatable bonds is 11. The Balaban J connectivity index is 1.41. The number of carbonyl (C=O) groups excluding carboxylic acids is 2. The molecule has 2 atom stereocenters. The normalized spacial score (nSPS) is 16.9. The van der Waals surface area contributed by atoms with Crippen LogP contribution in [0.2, 0.25) is 0 Å². The van der Waals surface area contributed by atoms with E-state index in [2.05, 4.69) is 15.5 Å². The number of aromatic nitrogens is 4. The molecule has 1 fully saturated rings. The monoisotopic (exact) mass is 571 g/mol. The van der Waals surface area contributed by atoms with Gasteiger partial charge >= 0.3 is 6.09 Å². The van der Waals surface area contributed by atoms with Gasteiger partial charge in [0.25, 0.3) is 5.69 Å². The van der Waals surface area contributed by atoms with E-state index in [1.165, 1.54) is 35.7 Å². The molecule has 206 valence electrons. The first-order valence-electron chi connectivity index (χ1n) is 12.3. The number of thioether (sulfide) groups is 2. The summed E-state index contributed by atoms with van der Waals surface area (Å²) in [5.41, 5.74) is 1.23. The standard InChI is InChI=1S/C25H29N7O5S2/c1-29(2)12-13-31-24(26-27-28-31)38-17-21-14-22(39-23(33)19-6-4-3-5-7-19)15-30(21)25(34)37-16-18-8-10-20(11-9-18)32(35)36/h3-11,21-22H,12-17H2,1-2H3/t21-,22-/m0/s1. The van der Waals surface area contributed by atoms with Crippen LogP contribution in [0.3, 0.4) is 0 Å². The molecular formula is C25H29N7O5S2. The Morgan fingerprint density at radius 1 is 1.15 bits per heavy atom. The second-order valence-corrected chi connectivity index (χ2v) is 11.5. The van der Waals surface area contributed by atoms with Gasteiger partial charge in [0.1, 0.15) is 6.61 Å². The van der Waals surface area contributed by atoms with Crippen LogP contribution in [-0.4, -0.2) is 90.4 Å². The molecule has 12 nitrogen and oxygen atoms in total. The van der Waals surface area contributed by atoms with Gasteiger partial charge in [0.05, 0.1) is 11.5 Å². The molecule has 3 aromatic rings. The molecule has 2 aromatic carbocycles. The zero-order valence-corrected chi connectivity index (χ0v) is 23.2. The summed E-state index contributed by atoms with van der Waals surface area (Å²) in [7, 11) is 3.95. The summed E-state index contributed by atoms with van der Waals surface area (Å²) in [5.74, 6) is 0.533. The Bertz CT molecular complexity index is 1270. The lowest BCUT2D eigenvalue weighted by atomic mass is 10.2. The van der Waals surface area contributed by atoms with Gasteiger partial charge in [0, 0.05) is 47.8 Å². The number of hydrogen-bond donors (Lipinski definition) is 0. The Kier molecular flexibility index (Phi) is 9.90. The van der Waals surface area contributed by atoms with Gasteiger partial charge in [-0.25, -0.2) is 9.48 Å². The van der Waals surface area contributed by atoms with Gasteiger partial charge in [-0.2, -0.15) is 0 Å². The highest BCUT2D eigenvalue weighted by Gasteiger charge is 2.38. The molecule has 14 heteroatoms. The Morgan fingerprint density at radius 3 is 2.59 bits per heavy atom. The quantitative estimate of drug-likeness (QED) is 0.190. The number of amides is 1. The molecule has 1 aromatic heterocycles. The molecule has 0 aliphatic carbocycles. The van der Waals surface area contributed by atoms with Crippen molar-refractivity contribution in [3.8, 4) is 0 Å². The van der Waals surface area contributed by atoms with Crippen molar-refractivity contribution < 1.29 is 19.2 Å². The first kappa shape index (κ1) is 28.5. The van der Waals surface area contributed by atoms with Gasteiger partial charge in [-0.3, -0.25) is 14.9 Å². The summed E-state index contributed by atoms with van der Waals surface area (Å²) in [6, 6.07) is 14.7. The van der Waals surface area contributed by atoms with Crippen molar-refractivity contribution in [2.75, 3.05) is 32.9 Å². The Morgan fingerprint density at radius 2 is 1.90 bits per heavy atom. The predicted octanol–water partition coefficient (Wildman–Crippen LogP) is 3.59. The molecule has 4 rings (SSSR count). The molecule has 0 unspecified atom stereocenters. The summed E-state index contributed by atoms with van der Waals surface area (Å²) >= 11 is 2.69. The zero-order valence-electron chi connectivity index (χ0n) is 21.6. The second kappa shape index (κ2) is 13.5. The minimum atomic E-state index is -0.499. The van der Waals surface area contributed by atoms with Crippen molar-refractivity contribution in [1.82, 2.24) is 30.0 Å². The number of ether oxygens (including phenoxy) is 1. The maximum Gasteiger partial charge on any atom is 0.410 e. The number of hydrogen-bond acceptors (Lipinski definition) is 11. The van der Waals surface area contributed by atoms with Gasteiger partial charge < -0.3 is 14.5 Å². The van der Waals surface area contributed by atoms with Gasteiger partial charge in [-0.05, 0) is 48.6 Å². The van der Waals surface area contributed by atoms with E-state index in [4.69, 9.17) is 4.74 Å². The van der Waals surface area contributed by atoms with E-state index in [0.29, 0.717) is 41.5 Å². The van der Waals surface area contributed by atoms with Crippen molar-refractivity contribution in [2.45, 2.75) is 36.0 Å². The number of nitrogens with zero attached hydrogens (tertiary/aromatic N) is 7. The second-order valence-electron chi connectivity index (χ2n) is 9.21. The van der Waals surface area contributed by atoms with Crippen LogP contribution in [0.25, 0.3) is 0 Å². The number of carbonyl (C=O) groups is 2. The molecular weight excluding hydrogens is 542 g/mol. The fraction of sp³-hybridized carbons (Fsp3) is 0.400. The molecule has 2 heterocycles. The fourth-order valence-corrected chi connectivity index (χ4v) is 6.14. The van der Waals surface area contributed by atoms with E-state index in [0.717, 1.165) is 6.54 Å². The lowest BCUT2D eigenvalue weighted by Crippen LogP contribution is -2.37. The maximum atomic E-state index is 13.2. The summed E-state index contributed by atoms with van der Waals surface area (Å²) in [6.07, 6.45) is 0.115. The molecule has 0 spiro atoms. The van der Waals surface area contributed by atoms with Crippen LogP contribution in [0.15, 0.2) is 59.8 Å². The topological polar surface area (TPSA) is 137 Å². The third-order valence-corrected chi connectivity index (χ3v) is 8.29. The van der Waals surface area contributed by atoms with E-state index < -0.39 is 11.0 Å². The average molecular weight is 572 g/mol. The average Bonchev–Trinajstić information content (AvgIpc) is 3.56. The highest BCUT2D eigenvalue weighted by atomic mass is 32.2. The van der Waals surface area contributed by atoms with Crippen molar-refractivity contribution in [3.05, 3.63) is 75.8 Å². The third-order valence-electron chi connectivity index (χ3n) is 6.07. The molecule has 39 heavy (non-hydrogen) atoms. The summed E-state index contributed by atoms with van der Waals surface area (Å²) in [5, 5.41) is 23.4. The SMILES string of the molecule is CN(C)CCn1nnnc1SC[C@@H]1C[C@H](SC(=O)c2ccccc2)CN1C(=O)OCc1ccc([N+](=O)[O-])cc1. The van der Waals surface area contributed by atoms with E-state index >= 15 is 0 Å². The first-order valence-corrected chi connectivity index (χ1v) is 14.1. The number of nitro groups is 1. The minimum Gasteiger partial charge on any atom is -0.445 e. The number of tetrazole rings is 1. The molecule has 1 aliphatic heterocycles. The molecule has 0 N–H and O–H groups in total. The van der Waals surface area contributed by atoms with E-state index in [1.54, 1.807) is 33.8 Å². The van der Waals surface area contributed by atoms with Gasteiger partial charge in [0.2, 0.25) is 10.3 Å². The lowest BCUT2D eigenvalue weighted by molar-refractivity contribution is -0.384. The van der Waals surface area contributed by atoms with Crippen LogP contribution >= 0.6 is 23.5 Å². The highest BCUT2D eigenvalue weighted by Crippen LogP contribution is 2.33. The lowest BCUT2D eigenvalue weighted by Gasteiger charge is -2.23. The minimum absolute atomic E-state index is 0.0171. The van der Waals surface area contributed by atoms with Crippen LogP contribution in [0.5, 0.6) is 0 Å². The number of benzene rings is 2.